The van der Waals surface area contributed by atoms with Crippen molar-refractivity contribution in [3.8, 4) is 0 Å². The molecule has 0 aromatic heterocycles. The first kappa shape index (κ1) is 2.83. The van der Waals surface area contributed by atoms with Crippen molar-refractivity contribution in [1.82, 2.24) is 0 Å². The van der Waals surface area contributed by atoms with Crippen LogP contribution in [0.2, 0.25) is 0 Å². The first-order valence-corrected chi connectivity index (χ1v) is 3.08. The van der Waals surface area contributed by atoms with E-state index >= 15 is 0 Å². The minimum atomic E-state index is 0.887. The highest BCUT2D eigenvalue weighted by Crippen LogP contribution is 2.73. The smallest absolute Gasteiger partial charge is 0.0257 e. The highest BCUT2D eigenvalue weighted by Gasteiger charge is 2.67. The molecule has 2 aliphatic carbocycles. The molecule has 0 bridgehead atoms. The molecular formula is C4H5I. The van der Waals surface area contributed by atoms with Crippen LogP contribution in [-0.2, 0) is 0 Å². The second-order valence-electron chi connectivity index (χ2n) is 2.14. The number of alkyl halides is 1. The summed E-state index contributed by atoms with van der Waals surface area (Å²) in [6.45, 7) is 0. The summed E-state index contributed by atoms with van der Waals surface area (Å²) in [4.78, 5) is 0. The lowest BCUT2D eigenvalue weighted by Gasteiger charge is -1.76. The molecule has 0 N–H and O–H groups in total. The van der Waals surface area contributed by atoms with Crippen LogP contribution in [0.25, 0.3) is 0 Å². The third kappa shape index (κ3) is 0.218. The standard InChI is InChI=1S/C4H5I/c5-4-1-3(4)2-4/h3H,1-2H2/t3-,4+. The van der Waals surface area contributed by atoms with Gasteiger partial charge in [0.05, 0.1) is 0 Å². The van der Waals surface area contributed by atoms with Crippen LogP contribution in [0, 0.1) is 5.92 Å². The lowest BCUT2D eigenvalue weighted by molar-refractivity contribution is 0.950. The van der Waals surface area contributed by atoms with E-state index in [0.29, 0.717) is 0 Å². The Morgan fingerprint density at radius 3 is 1.80 bits per heavy atom. The van der Waals surface area contributed by atoms with Crippen LogP contribution in [0.3, 0.4) is 0 Å². The second kappa shape index (κ2) is 0.478. The number of halogens is 1. The topological polar surface area (TPSA) is 0 Å². The fraction of sp³-hybridized carbons (Fsp3) is 1.00. The van der Waals surface area contributed by atoms with Gasteiger partial charge in [-0.05, 0) is 18.8 Å². The summed E-state index contributed by atoms with van der Waals surface area (Å²) >= 11 is 2.56. The molecule has 0 aliphatic heterocycles. The molecule has 0 aromatic rings. The van der Waals surface area contributed by atoms with Gasteiger partial charge in [-0.25, -0.2) is 0 Å². The van der Waals surface area contributed by atoms with E-state index in [-0.39, 0.29) is 0 Å². The van der Waals surface area contributed by atoms with E-state index in [4.69, 9.17) is 0 Å². The Hall–Kier alpha value is 0.730. The summed E-state index contributed by atoms with van der Waals surface area (Å²) in [6.07, 6.45) is 3.07. The molecule has 2 aliphatic rings. The summed E-state index contributed by atoms with van der Waals surface area (Å²) in [5, 5.41) is 0. The van der Waals surface area contributed by atoms with E-state index in [1.165, 1.54) is 18.8 Å². The highest BCUT2D eigenvalue weighted by molar-refractivity contribution is 14.1. The van der Waals surface area contributed by atoms with E-state index in [2.05, 4.69) is 22.6 Å². The maximum Gasteiger partial charge on any atom is 0.0257 e. The summed E-state index contributed by atoms with van der Waals surface area (Å²) in [5.74, 6) is 1.18. The fourth-order valence-corrected chi connectivity index (χ4v) is 1.70. The Morgan fingerprint density at radius 2 is 1.80 bits per heavy atom. The highest BCUT2D eigenvalue weighted by atomic mass is 127. The van der Waals surface area contributed by atoms with Crippen LogP contribution in [0.1, 0.15) is 12.8 Å². The van der Waals surface area contributed by atoms with Gasteiger partial charge in [-0.15, -0.1) is 0 Å². The summed E-state index contributed by atoms with van der Waals surface area (Å²) in [7, 11) is 0. The molecular weight excluding hydrogens is 175 g/mol. The van der Waals surface area contributed by atoms with Gasteiger partial charge in [-0.1, -0.05) is 22.6 Å². The SMILES string of the molecule is I[C@]12C[C@@H]1C2. The van der Waals surface area contributed by atoms with Crippen molar-refractivity contribution in [3.63, 3.8) is 0 Å². The Morgan fingerprint density at radius 1 is 1.60 bits per heavy atom. The zero-order chi connectivity index (χ0) is 3.49. The maximum absolute atomic E-state index is 2.56. The number of rotatable bonds is 0. The van der Waals surface area contributed by atoms with Gasteiger partial charge >= 0.3 is 0 Å². The van der Waals surface area contributed by atoms with Gasteiger partial charge in [0, 0.05) is 3.42 Å². The Bertz CT molecular complexity index is 71.7. The van der Waals surface area contributed by atoms with E-state index in [9.17, 15) is 0 Å². The molecule has 0 radical (unpaired) electrons. The van der Waals surface area contributed by atoms with Crippen LogP contribution in [0.5, 0.6) is 0 Å². The summed E-state index contributed by atoms with van der Waals surface area (Å²) in [5.41, 5.74) is 0. The Labute approximate surface area is 45.1 Å². The lowest BCUT2D eigenvalue weighted by atomic mass is 10.4. The molecule has 2 rings (SSSR count). The fourth-order valence-electron chi connectivity index (χ4n) is 0.642. The van der Waals surface area contributed by atoms with Crippen LogP contribution in [0.4, 0.5) is 0 Å². The minimum Gasteiger partial charge on any atom is -0.0785 e. The Balaban J connectivity index is 2.37. The number of hydrogen-bond acceptors (Lipinski definition) is 0. The van der Waals surface area contributed by atoms with Crippen molar-refractivity contribution in [2.24, 2.45) is 5.92 Å². The predicted molar refractivity (Wildman–Crippen MR) is 29.5 cm³/mol. The van der Waals surface area contributed by atoms with Gasteiger partial charge < -0.3 is 0 Å². The molecule has 0 aromatic carbocycles. The lowest BCUT2D eigenvalue weighted by Crippen LogP contribution is -1.69. The number of hydrogen-bond donors (Lipinski definition) is 0. The third-order valence-corrected chi connectivity index (χ3v) is 3.34. The monoisotopic (exact) mass is 180 g/mol. The van der Waals surface area contributed by atoms with E-state index in [0.717, 1.165) is 3.42 Å². The van der Waals surface area contributed by atoms with Crippen molar-refractivity contribution in [3.05, 3.63) is 0 Å². The van der Waals surface area contributed by atoms with Crippen LogP contribution in [-0.4, -0.2) is 3.42 Å². The normalized spacial score (nSPS) is 70.2. The second-order valence-corrected chi connectivity index (χ2v) is 4.29. The van der Waals surface area contributed by atoms with Crippen LogP contribution >= 0.6 is 22.6 Å². The third-order valence-electron chi connectivity index (χ3n) is 1.58. The zero-order valence-corrected chi connectivity index (χ0v) is 5.03. The van der Waals surface area contributed by atoms with Gasteiger partial charge in [0.15, 0.2) is 0 Å². The molecule has 5 heavy (non-hydrogen) atoms. The van der Waals surface area contributed by atoms with E-state index in [1.54, 1.807) is 0 Å². The average molecular weight is 180 g/mol. The molecule has 0 spiro atoms. The van der Waals surface area contributed by atoms with Crippen molar-refractivity contribution in [2.75, 3.05) is 0 Å². The molecule has 2 fully saturated rings. The molecule has 0 unspecified atom stereocenters. The summed E-state index contributed by atoms with van der Waals surface area (Å²) < 4.78 is 0.887. The van der Waals surface area contributed by atoms with Gasteiger partial charge in [0.25, 0.3) is 0 Å². The van der Waals surface area contributed by atoms with E-state index in [1.807, 2.05) is 0 Å². The molecule has 0 amide bonds. The molecule has 0 saturated heterocycles. The average Bonchev–Trinajstić information content (AvgIpc) is 1.74. The van der Waals surface area contributed by atoms with Crippen molar-refractivity contribution in [2.45, 2.75) is 16.3 Å². The van der Waals surface area contributed by atoms with Crippen molar-refractivity contribution in [1.29, 1.82) is 0 Å². The molecule has 0 nitrogen and oxygen atoms in total. The number of fused-ring (bicyclic) bond motifs is 1. The van der Waals surface area contributed by atoms with Gasteiger partial charge in [-0.2, -0.15) is 0 Å². The summed E-state index contributed by atoms with van der Waals surface area (Å²) in [6, 6.07) is 0. The van der Waals surface area contributed by atoms with Crippen LogP contribution in [0.15, 0.2) is 0 Å². The molecule has 2 saturated carbocycles. The molecule has 28 valence electrons. The zero-order valence-electron chi connectivity index (χ0n) is 2.87. The van der Waals surface area contributed by atoms with E-state index < -0.39 is 0 Å². The Kier molecular flexibility index (Phi) is 0.271. The largest absolute Gasteiger partial charge is 0.0785 e. The predicted octanol–water partition coefficient (Wildman–Crippen LogP) is 1.58. The first-order valence-electron chi connectivity index (χ1n) is 2.00. The molecule has 0 atom stereocenters. The first-order chi connectivity index (χ1) is 2.31. The molecule has 1 heteroatoms. The van der Waals surface area contributed by atoms with Gasteiger partial charge in [0.1, 0.15) is 0 Å². The minimum absolute atomic E-state index is 0.887. The quantitative estimate of drug-likeness (QED) is 0.392. The molecule has 0 heterocycles. The van der Waals surface area contributed by atoms with Crippen LogP contribution < -0.4 is 0 Å². The van der Waals surface area contributed by atoms with Gasteiger partial charge in [-0.3, -0.25) is 0 Å². The van der Waals surface area contributed by atoms with Gasteiger partial charge in [0.2, 0.25) is 0 Å². The van der Waals surface area contributed by atoms with Crippen molar-refractivity contribution < 1.29 is 0 Å². The maximum atomic E-state index is 2.56. The van der Waals surface area contributed by atoms with Crippen molar-refractivity contribution >= 4 is 22.6 Å².